The molecule has 0 aromatic rings. The Morgan fingerprint density at radius 2 is 1.75 bits per heavy atom. The van der Waals surface area contributed by atoms with E-state index in [1.807, 2.05) is 7.05 Å². The average molecular weight is 339 g/mol. The van der Waals surface area contributed by atoms with E-state index in [4.69, 9.17) is 0 Å². The van der Waals surface area contributed by atoms with E-state index in [9.17, 15) is 0 Å². The minimum Gasteiger partial charge on any atom is -0.333 e. The van der Waals surface area contributed by atoms with Gasteiger partial charge in [0.2, 0.25) is 0 Å². The summed E-state index contributed by atoms with van der Waals surface area (Å²) in [7, 11) is 3.54. The van der Waals surface area contributed by atoms with Gasteiger partial charge in [-0.1, -0.05) is 25.7 Å². The fraction of sp³-hybridized carbons (Fsp3) is 1.00. The van der Waals surface area contributed by atoms with Gasteiger partial charge >= 0.3 is 0 Å². The summed E-state index contributed by atoms with van der Waals surface area (Å²) in [5.74, 6) is 1.05. The summed E-state index contributed by atoms with van der Waals surface area (Å²) in [5.41, 5.74) is 4.50. The summed E-state index contributed by atoms with van der Waals surface area (Å²) in [6.07, 6.45) is 7.34. The summed E-state index contributed by atoms with van der Waals surface area (Å²) in [6, 6.07) is 0. The molecule has 0 saturated heterocycles. The Morgan fingerprint density at radius 3 is 2.17 bits per heavy atom. The molecule has 0 bridgehead atoms. The molecule has 3 N–H and O–H groups in total. The van der Waals surface area contributed by atoms with Crippen molar-refractivity contribution in [2.24, 2.45) is 11.7 Å². The molecule has 1 fully saturated rings. The minimum absolute atomic E-state index is 0. The first kappa shape index (κ1) is 15.1. The molecule has 0 unspecified atom stereocenters. The molecule has 0 spiro atoms. The zero-order valence-corrected chi connectivity index (χ0v) is 11.6. The van der Waals surface area contributed by atoms with Crippen LogP contribution in [0, 0.1) is 5.92 Å². The molecule has 0 atom stereocenters. The number of rotatable bonds is 3. The second-order valence-electron chi connectivity index (χ2n) is 3.04. The first-order chi connectivity index (χ1) is 5.43. The molecule has 0 amide bonds. The third kappa shape index (κ3) is 7.32. The van der Waals surface area contributed by atoms with E-state index in [1.54, 1.807) is 0 Å². The molecule has 0 aromatic carbocycles. The van der Waals surface area contributed by atoms with Crippen LogP contribution in [0.3, 0.4) is 0 Å². The molecule has 1 rings (SSSR count). The van der Waals surface area contributed by atoms with Gasteiger partial charge in [-0.05, 0) is 33.0 Å². The van der Waals surface area contributed by atoms with Gasteiger partial charge in [0.25, 0.3) is 0 Å². The van der Waals surface area contributed by atoms with Gasteiger partial charge in [0.1, 0.15) is 0 Å². The molecular formula is C9H22N2Ta. The maximum atomic E-state index is 4.50. The number of hydrogen-bond donors (Lipinski definition) is 2. The number of nitrogens with two attached hydrogens (primary N) is 1. The molecule has 1 saturated carbocycles. The second-order valence-corrected chi connectivity index (χ2v) is 3.04. The van der Waals surface area contributed by atoms with Crippen molar-refractivity contribution in [3.05, 3.63) is 0 Å². The van der Waals surface area contributed by atoms with E-state index in [1.165, 1.54) is 45.7 Å². The van der Waals surface area contributed by atoms with E-state index in [0.717, 1.165) is 5.92 Å². The molecule has 3 heteroatoms. The molecule has 0 aliphatic heterocycles. The predicted octanol–water partition coefficient (Wildman–Crippen LogP) is 1.36. The van der Waals surface area contributed by atoms with Gasteiger partial charge in [0.15, 0.2) is 0 Å². The molecule has 1 aliphatic rings. The molecule has 73 valence electrons. The van der Waals surface area contributed by atoms with Crippen LogP contribution in [0.15, 0.2) is 0 Å². The Kier molecular flexibility index (Phi) is 14.7. The smallest absolute Gasteiger partial charge is 0 e. The van der Waals surface area contributed by atoms with Gasteiger partial charge in [0.05, 0.1) is 0 Å². The van der Waals surface area contributed by atoms with Gasteiger partial charge in [-0.25, -0.2) is 0 Å². The van der Waals surface area contributed by atoms with Crippen molar-refractivity contribution < 1.29 is 22.4 Å². The van der Waals surface area contributed by atoms with E-state index >= 15 is 0 Å². The summed E-state index contributed by atoms with van der Waals surface area (Å²) in [4.78, 5) is 0. The maximum absolute atomic E-state index is 4.50. The SMILES string of the molecule is CN.CNCCC1CCCC1.[Ta]. The molecule has 2 nitrogen and oxygen atoms in total. The first-order valence-electron chi connectivity index (χ1n) is 4.66. The first-order valence-corrected chi connectivity index (χ1v) is 4.66. The molecule has 0 heterocycles. The van der Waals surface area contributed by atoms with Crippen LogP contribution < -0.4 is 11.1 Å². The van der Waals surface area contributed by atoms with Crippen molar-refractivity contribution in [3.63, 3.8) is 0 Å². The van der Waals surface area contributed by atoms with Gasteiger partial charge < -0.3 is 11.1 Å². The van der Waals surface area contributed by atoms with Crippen molar-refractivity contribution in [2.75, 3.05) is 20.6 Å². The van der Waals surface area contributed by atoms with Crippen LogP contribution >= 0.6 is 0 Å². The van der Waals surface area contributed by atoms with Crippen LogP contribution in [0.25, 0.3) is 0 Å². The fourth-order valence-electron chi connectivity index (χ4n) is 1.65. The quantitative estimate of drug-likeness (QED) is 0.815. The Morgan fingerprint density at radius 1 is 1.25 bits per heavy atom. The third-order valence-corrected chi connectivity index (χ3v) is 2.28. The number of nitrogens with one attached hydrogen (secondary N) is 1. The largest absolute Gasteiger partial charge is 0.333 e. The van der Waals surface area contributed by atoms with Crippen molar-refractivity contribution >= 4 is 0 Å². The van der Waals surface area contributed by atoms with E-state index < -0.39 is 0 Å². The van der Waals surface area contributed by atoms with Crippen LogP contribution in [0.2, 0.25) is 0 Å². The summed E-state index contributed by atoms with van der Waals surface area (Å²) < 4.78 is 0. The Hall–Kier alpha value is 0.660. The predicted molar refractivity (Wildman–Crippen MR) is 50.6 cm³/mol. The van der Waals surface area contributed by atoms with E-state index in [2.05, 4.69) is 11.1 Å². The summed E-state index contributed by atoms with van der Waals surface area (Å²) >= 11 is 0. The maximum Gasteiger partial charge on any atom is 0 e. The van der Waals surface area contributed by atoms with Gasteiger partial charge in [-0.15, -0.1) is 0 Å². The van der Waals surface area contributed by atoms with Crippen LogP contribution in [0.5, 0.6) is 0 Å². The zero-order chi connectivity index (χ0) is 8.53. The monoisotopic (exact) mass is 339 g/mol. The van der Waals surface area contributed by atoms with E-state index in [0.29, 0.717) is 0 Å². The zero-order valence-electron chi connectivity index (χ0n) is 8.34. The van der Waals surface area contributed by atoms with E-state index in [-0.39, 0.29) is 22.4 Å². The van der Waals surface area contributed by atoms with Gasteiger partial charge in [0, 0.05) is 22.4 Å². The van der Waals surface area contributed by atoms with Crippen LogP contribution in [-0.2, 0) is 22.4 Å². The Labute approximate surface area is 92.2 Å². The fourth-order valence-corrected chi connectivity index (χ4v) is 1.65. The normalized spacial score (nSPS) is 16.2. The van der Waals surface area contributed by atoms with Crippen LogP contribution in [-0.4, -0.2) is 20.6 Å². The molecule has 1 aliphatic carbocycles. The van der Waals surface area contributed by atoms with Crippen LogP contribution in [0.1, 0.15) is 32.1 Å². The van der Waals surface area contributed by atoms with Crippen molar-refractivity contribution in [1.29, 1.82) is 0 Å². The molecular weight excluding hydrogens is 317 g/mol. The number of hydrogen-bond acceptors (Lipinski definition) is 2. The topological polar surface area (TPSA) is 38.0 Å². The minimum atomic E-state index is 0. The van der Waals surface area contributed by atoms with Gasteiger partial charge in [-0.2, -0.15) is 0 Å². The van der Waals surface area contributed by atoms with Gasteiger partial charge in [-0.3, -0.25) is 0 Å². The van der Waals surface area contributed by atoms with Crippen molar-refractivity contribution in [1.82, 2.24) is 5.32 Å². The standard InChI is InChI=1S/C8H17N.CH5N.Ta/c1-9-7-6-8-4-2-3-5-8;1-2;/h8-9H,2-7H2,1H3;2H2,1H3;. The molecule has 1 radical (unpaired) electrons. The Balaban J connectivity index is 0. The van der Waals surface area contributed by atoms with Crippen molar-refractivity contribution in [3.8, 4) is 0 Å². The van der Waals surface area contributed by atoms with Crippen LogP contribution in [0.4, 0.5) is 0 Å². The summed E-state index contributed by atoms with van der Waals surface area (Å²) in [6.45, 7) is 1.21. The molecule has 12 heavy (non-hydrogen) atoms. The average Bonchev–Trinajstić information content (AvgIpc) is 2.57. The van der Waals surface area contributed by atoms with Crippen molar-refractivity contribution in [2.45, 2.75) is 32.1 Å². The summed E-state index contributed by atoms with van der Waals surface area (Å²) in [5, 5.41) is 3.19. The Bertz CT molecular complexity index is 72.9. The molecule has 0 aromatic heterocycles. The second kappa shape index (κ2) is 11.7. The third-order valence-electron chi connectivity index (χ3n) is 2.28.